The summed E-state index contributed by atoms with van der Waals surface area (Å²) in [4.78, 5) is 31.9. The fourth-order valence-corrected chi connectivity index (χ4v) is 3.66. The summed E-state index contributed by atoms with van der Waals surface area (Å²) in [7, 11) is 3.16. The lowest BCUT2D eigenvalue weighted by Gasteiger charge is -2.20. The summed E-state index contributed by atoms with van der Waals surface area (Å²) in [6.07, 6.45) is -1.15. The van der Waals surface area contributed by atoms with Gasteiger partial charge in [0.2, 0.25) is 12.1 Å². The number of nitrogens with zero attached hydrogens (tertiary/aromatic N) is 2. The molecule has 2 amide bonds. The van der Waals surface area contributed by atoms with Gasteiger partial charge in [-0.05, 0) is 35.9 Å². The Morgan fingerprint density at radius 2 is 1.78 bits per heavy atom. The summed E-state index contributed by atoms with van der Waals surface area (Å²) in [6, 6.07) is 20.5. The minimum atomic E-state index is -1.19. The van der Waals surface area contributed by atoms with Crippen molar-refractivity contribution in [2.75, 3.05) is 19.1 Å². The van der Waals surface area contributed by atoms with Crippen molar-refractivity contribution in [3.8, 4) is 5.75 Å². The molecule has 3 aromatic rings. The molecule has 0 unspecified atom stereocenters. The Morgan fingerprint density at radius 3 is 2.53 bits per heavy atom. The lowest BCUT2D eigenvalue weighted by molar-refractivity contribution is -0.126. The molecule has 0 bridgehead atoms. The maximum absolute atomic E-state index is 14.7. The number of benzodiazepines with no additional fused rings is 1. The van der Waals surface area contributed by atoms with Gasteiger partial charge in [0.1, 0.15) is 11.6 Å². The quantitative estimate of drug-likeness (QED) is 0.674. The van der Waals surface area contributed by atoms with Crippen molar-refractivity contribution < 1.29 is 18.7 Å². The predicted molar refractivity (Wildman–Crippen MR) is 121 cm³/mol. The highest BCUT2D eigenvalue weighted by Crippen LogP contribution is 2.28. The van der Waals surface area contributed by atoms with E-state index in [0.717, 1.165) is 5.56 Å². The van der Waals surface area contributed by atoms with Crippen LogP contribution in [0.25, 0.3) is 0 Å². The second-order valence-corrected chi connectivity index (χ2v) is 7.37. The molecule has 6 nitrogen and oxygen atoms in total. The van der Waals surface area contributed by atoms with E-state index >= 15 is 0 Å². The van der Waals surface area contributed by atoms with Crippen molar-refractivity contribution in [3.05, 3.63) is 95.3 Å². The smallest absolute Gasteiger partial charge is 0.272 e. The number of amides is 2. The summed E-state index contributed by atoms with van der Waals surface area (Å²) in [5.41, 5.74) is 2.50. The molecular weight excluding hydrogens is 409 g/mol. The third kappa shape index (κ3) is 4.23. The molecule has 1 N–H and O–H groups in total. The molecular formula is C25H22FN3O3. The van der Waals surface area contributed by atoms with Gasteiger partial charge in [-0.2, -0.15) is 0 Å². The highest BCUT2D eigenvalue weighted by atomic mass is 19.1. The van der Waals surface area contributed by atoms with Gasteiger partial charge in [0.15, 0.2) is 0 Å². The Balaban J connectivity index is 1.70. The second-order valence-electron chi connectivity index (χ2n) is 7.37. The maximum Gasteiger partial charge on any atom is 0.272 e. The first kappa shape index (κ1) is 21.2. The van der Waals surface area contributed by atoms with E-state index in [1.165, 1.54) is 11.0 Å². The predicted octanol–water partition coefficient (Wildman–Crippen LogP) is 3.33. The first-order valence-electron chi connectivity index (χ1n) is 10.1. The molecule has 0 spiro atoms. The molecule has 1 atom stereocenters. The van der Waals surface area contributed by atoms with Crippen LogP contribution in [0.5, 0.6) is 5.75 Å². The zero-order chi connectivity index (χ0) is 22.7. The standard InChI is InChI=1S/C25H22FN3O3/c1-29-21-13-6-4-11-19(21)23(18-10-3-5-12-20(18)26)28-24(25(29)31)27-22(30)15-16-8-7-9-17(14-16)32-2/h3-14,24H,15H2,1-2H3,(H,27,30)/t24-/m0/s1. The second kappa shape index (κ2) is 9.01. The number of benzene rings is 3. The lowest BCUT2D eigenvalue weighted by Crippen LogP contribution is -2.46. The summed E-state index contributed by atoms with van der Waals surface area (Å²) in [6.45, 7) is 0. The topological polar surface area (TPSA) is 71.0 Å². The van der Waals surface area contributed by atoms with E-state index in [2.05, 4.69) is 10.3 Å². The molecule has 1 heterocycles. The summed E-state index contributed by atoms with van der Waals surface area (Å²) >= 11 is 0. The van der Waals surface area contributed by atoms with Crippen LogP contribution in [-0.2, 0) is 16.0 Å². The molecule has 7 heteroatoms. The van der Waals surface area contributed by atoms with Crippen LogP contribution < -0.4 is 15.0 Å². The minimum absolute atomic E-state index is 0.0438. The number of methoxy groups -OCH3 is 1. The maximum atomic E-state index is 14.7. The molecule has 0 aromatic heterocycles. The number of fused-ring (bicyclic) bond motifs is 1. The van der Waals surface area contributed by atoms with E-state index in [1.54, 1.807) is 80.9 Å². The molecule has 162 valence electrons. The molecule has 0 fully saturated rings. The number of nitrogens with one attached hydrogen (secondary N) is 1. The van der Waals surface area contributed by atoms with Crippen LogP contribution in [-0.4, -0.2) is 37.8 Å². The van der Waals surface area contributed by atoms with Crippen molar-refractivity contribution in [2.24, 2.45) is 4.99 Å². The number of carbonyl (C=O) groups excluding carboxylic acids is 2. The Kier molecular flexibility index (Phi) is 5.98. The van der Waals surface area contributed by atoms with E-state index in [0.29, 0.717) is 22.7 Å². The molecule has 0 radical (unpaired) electrons. The van der Waals surface area contributed by atoms with Crippen LogP contribution in [0, 0.1) is 5.82 Å². The van der Waals surface area contributed by atoms with Gasteiger partial charge < -0.3 is 15.0 Å². The lowest BCUT2D eigenvalue weighted by atomic mass is 10.00. The highest BCUT2D eigenvalue weighted by Gasteiger charge is 2.31. The van der Waals surface area contributed by atoms with Crippen molar-refractivity contribution in [3.63, 3.8) is 0 Å². The Morgan fingerprint density at radius 1 is 1.06 bits per heavy atom. The van der Waals surface area contributed by atoms with Gasteiger partial charge >= 0.3 is 0 Å². The van der Waals surface area contributed by atoms with E-state index in [9.17, 15) is 14.0 Å². The molecule has 32 heavy (non-hydrogen) atoms. The van der Waals surface area contributed by atoms with E-state index < -0.39 is 17.9 Å². The summed E-state index contributed by atoms with van der Waals surface area (Å²) < 4.78 is 19.9. The Bertz CT molecular complexity index is 1210. The van der Waals surface area contributed by atoms with Gasteiger partial charge in [0.05, 0.1) is 24.9 Å². The Labute approximate surface area is 185 Å². The van der Waals surface area contributed by atoms with Crippen LogP contribution >= 0.6 is 0 Å². The molecule has 0 aliphatic carbocycles. The molecule has 0 saturated heterocycles. The monoisotopic (exact) mass is 431 g/mol. The van der Waals surface area contributed by atoms with Crippen LogP contribution in [0.15, 0.2) is 77.8 Å². The number of anilines is 1. The Hall–Kier alpha value is -4.00. The van der Waals surface area contributed by atoms with Gasteiger partial charge in [-0.1, -0.05) is 42.5 Å². The van der Waals surface area contributed by atoms with E-state index in [4.69, 9.17) is 4.74 Å². The van der Waals surface area contributed by atoms with Gasteiger partial charge in [-0.25, -0.2) is 9.38 Å². The van der Waals surface area contributed by atoms with Crippen LogP contribution in [0.1, 0.15) is 16.7 Å². The first-order chi connectivity index (χ1) is 15.5. The van der Waals surface area contributed by atoms with Crippen molar-refractivity contribution in [1.29, 1.82) is 0 Å². The average molecular weight is 431 g/mol. The fraction of sp³-hybridized carbons (Fsp3) is 0.160. The number of carbonyl (C=O) groups is 2. The SMILES string of the molecule is COc1cccc(CC(=O)N[C@H]2N=C(c3ccccc3F)c3ccccc3N(C)C2=O)c1. The van der Waals surface area contributed by atoms with Gasteiger partial charge in [-0.3, -0.25) is 9.59 Å². The molecule has 4 rings (SSSR count). The number of rotatable bonds is 5. The molecule has 0 saturated carbocycles. The fourth-order valence-electron chi connectivity index (χ4n) is 3.66. The summed E-state index contributed by atoms with van der Waals surface area (Å²) in [5.74, 6) is -0.620. The zero-order valence-electron chi connectivity index (χ0n) is 17.7. The normalized spacial score (nSPS) is 15.5. The van der Waals surface area contributed by atoms with E-state index in [1.807, 2.05) is 0 Å². The molecule has 1 aliphatic rings. The number of halogens is 1. The minimum Gasteiger partial charge on any atom is -0.497 e. The highest BCUT2D eigenvalue weighted by molar-refractivity contribution is 6.20. The van der Waals surface area contributed by atoms with Crippen molar-refractivity contribution in [1.82, 2.24) is 5.32 Å². The van der Waals surface area contributed by atoms with Crippen LogP contribution in [0.3, 0.4) is 0 Å². The van der Waals surface area contributed by atoms with Gasteiger partial charge in [0.25, 0.3) is 5.91 Å². The zero-order valence-corrected chi connectivity index (χ0v) is 17.7. The van der Waals surface area contributed by atoms with Crippen LogP contribution in [0.4, 0.5) is 10.1 Å². The first-order valence-corrected chi connectivity index (χ1v) is 10.1. The van der Waals surface area contributed by atoms with Crippen LogP contribution in [0.2, 0.25) is 0 Å². The molecule has 1 aliphatic heterocycles. The molecule has 3 aromatic carbocycles. The van der Waals surface area contributed by atoms with Gasteiger partial charge in [-0.15, -0.1) is 0 Å². The van der Waals surface area contributed by atoms with Crippen molar-refractivity contribution >= 4 is 23.2 Å². The largest absolute Gasteiger partial charge is 0.497 e. The number of ether oxygens (including phenoxy) is 1. The number of aliphatic imine (C=N–C) groups is 1. The third-order valence-corrected chi connectivity index (χ3v) is 5.27. The number of hydrogen-bond donors (Lipinski definition) is 1. The van der Waals surface area contributed by atoms with Crippen molar-refractivity contribution in [2.45, 2.75) is 12.6 Å². The van der Waals surface area contributed by atoms with Gasteiger partial charge in [0, 0.05) is 18.2 Å². The average Bonchev–Trinajstić information content (AvgIpc) is 2.90. The number of hydrogen-bond acceptors (Lipinski definition) is 4. The van der Waals surface area contributed by atoms with E-state index in [-0.39, 0.29) is 17.9 Å². The third-order valence-electron chi connectivity index (χ3n) is 5.27. The summed E-state index contributed by atoms with van der Waals surface area (Å²) in [5, 5.41) is 2.70. The number of para-hydroxylation sites is 1. The number of likely N-dealkylation sites (N-methyl/N-ethyl adjacent to an activating group) is 1.